The fraction of sp³-hybridized carbons (Fsp3) is 0. The number of rotatable bonds is 2. The number of para-hydroxylation sites is 1. The predicted octanol–water partition coefficient (Wildman–Crippen LogP) is 4.58. The number of benzene rings is 2. The SMILES string of the molecule is O=C1Nc2ccccc2C1=Cc1ccc(-c2ccc(F)cc2)o1. The third-order valence-electron chi connectivity index (χ3n) is 3.75. The summed E-state index contributed by atoms with van der Waals surface area (Å²) < 4.78 is 18.7. The van der Waals surface area contributed by atoms with E-state index in [-0.39, 0.29) is 11.7 Å². The number of halogens is 1. The molecule has 1 amide bonds. The van der Waals surface area contributed by atoms with E-state index in [1.807, 2.05) is 24.3 Å². The van der Waals surface area contributed by atoms with Crippen LogP contribution in [0.25, 0.3) is 23.0 Å². The second kappa shape index (κ2) is 5.25. The van der Waals surface area contributed by atoms with Crippen LogP contribution in [0.2, 0.25) is 0 Å². The van der Waals surface area contributed by atoms with E-state index >= 15 is 0 Å². The molecule has 1 N–H and O–H groups in total. The summed E-state index contributed by atoms with van der Waals surface area (Å²) in [4.78, 5) is 12.1. The molecule has 0 saturated carbocycles. The first kappa shape index (κ1) is 13.5. The lowest BCUT2D eigenvalue weighted by atomic mass is 10.1. The topological polar surface area (TPSA) is 42.2 Å². The van der Waals surface area contributed by atoms with Crippen LogP contribution >= 0.6 is 0 Å². The Kier molecular flexibility index (Phi) is 3.08. The van der Waals surface area contributed by atoms with Crippen molar-refractivity contribution in [2.75, 3.05) is 5.32 Å². The van der Waals surface area contributed by atoms with E-state index in [1.165, 1.54) is 12.1 Å². The van der Waals surface area contributed by atoms with Gasteiger partial charge in [-0.3, -0.25) is 4.79 Å². The molecule has 0 spiro atoms. The molecular formula is C19H12FNO2. The molecule has 0 radical (unpaired) electrons. The summed E-state index contributed by atoms with van der Waals surface area (Å²) in [5, 5.41) is 2.82. The minimum atomic E-state index is -0.290. The smallest absolute Gasteiger partial charge is 0.256 e. The molecule has 2 aromatic carbocycles. The molecule has 4 heteroatoms. The average Bonchev–Trinajstić information content (AvgIpc) is 3.14. The maximum atomic E-state index is 13.0. The van der Waals surface area contributed by atoms with Gasteiger partial charge in [-0.25, -0.2) is 4.39 Å². The van der Waals surface area contributed by atoms with Crippen molar-refractivity contribution in [1.29, 1.82) is 0 Å². The van der Waals surface area contributed by atoms with Crippen molar-refractivity contribution < 1.29 is 13.6 Å². The van der Waals surface area contributed by atoms with Crippen molar-refractivity contribution >= 4 is 23.2 Å². The number of furan rings is 1. The van der Waals surface area contributed by atoms with Crippen molar-refractivity contribution in [3.63, 3.8) is 0 Å². The zero-order chi connectivity index (χ0) is 15.8. The molecular weight excluding hydrogens is 293 g/mol. The fourth-order valence-corrected chi connectivity index (χ4v) is 2.62. The highest BCUT2D eigenvalue weighted by Gasteiger charge is 2.23. The summed E-state index contributed by atoms with van der Waals surface area (Å²) in [7, 11) is 0. The minimum Gasteiger partial charge on any atom is -0.457 e. The summed E-state index contributed by atoms with van der Waals surface area (Å²) in [6, 6.07) is 17.2. The minimum absolute atomic E-state index is 0.147. The van der Waals surface area contributed by atoms with Gasteiger partial charge in [0.25, 0.3) is 5.91 Å². The van der Waals surface area contributed by atoms with E-state index in [9.17, 15) is 9.18 Å². The highest BCUT2D eigenvalue weighted by Crippen LogP contribution is 2.33. The zero-order valence-corrected chi connectivity index (χ0v) is 12.0. The van der Waals surface area contributed by atoms with Crippen molar-refractivity contribution in [1.82, 2.24) is 0 Å². The standard InChI is InChI=1S/C19H12FNO2/c20-13-7-5-12(6-8-13)18-10-9-14(23-18)11-16-15-3-1-2-4-17(15)21-19(16)22/h1-11H,(H,21,22). The molecule has 1 aliphatic heterocycles. The van der Waals surface area contributed by atoms with Gasteiger partial charge in [-0.2, -0.15) is 0 Å². The molecule has 0 unspecified atom stereocenters. The monoisotopic (exact) mass is 305 g/mol. The Morgan fingerprint density at radius 3 is 2.57 bits per heavy atom. The van der Waals surface area contributed by atoms with Gasteiger partial charge in [-0.05, 0) is 48.5 Å². The van der Waals surface area contributed by atoms with E-state index < -0.39 is 0 Å². The maximum absolute atomic E-state index is 13.0. The van der Waals surface area contributed by atoms with E-state index in [4.69, 9.17) is 4.42 Å². The lowest BCUT2D eigenvalue weighted by Gasteiger charge is -1.97. The van der Waals surface area contributed by atoms with Crippen molar-refractivity contribution in [2.24, 2.45) is 0 Å². The number of nitrogens with one attached hydrogen (secondary N) is 1. The number of hydrogen-bond donors (Lipinski definition) is 1. The summed E-state index contributed by atoms with van der Waals surface area (Å²) in [5.74, 6) is 0.766. The summed E-state index contributed by atoms with van der Waals surface area (Å²) in [6.07, 6.45) is 1.72. The van der Waals surface area contributed by atoms with Crippen LogP contribution in [-0.2, 0) is 4.79 Å². The van der Waals surface area contributed by atoms with Crippen LogP contribution in [0, 0.1) is 5.82 Å². The Balaban J connectivity index is 1.70. The third kappa shape index (κ3) is 2.44. The Hall–Kier alpha value is -3.14. The molecule has 0 atom stereocenters. The van der Waals surface area contributed by atoms with Gasteiger partial charge >= 0.3 is 0 Å². The molecule has 0 aliphatic carbocycles. The van der Waals surface area contributed by atoms with Crippen LogP contribution in [-0.4, -0.2) is 5.91 Å². The van der Waals surface area contributed by atoms with Gasteiger partial charge < -0.3 is 9.73 Å². The van der Waals surface area contributed by atoms with Gasteiger partial charge in [-0.15, -0.1) is 0 Å². The summed E-state index contributed by atoms with van der Waals surface area (Å²) in [6.45, 7) is 0. The van der Waals surface area contributed by atoms with Gasteiger partial charge in [-0.1, -0.05) is 18.2 Å². The van der Waals surface area contributed by atoms with Gasteiger partial charge in [0.2, 0.25) is 0 Å². The molecule has 23 heavy (non-hydrogen) atoms. The highest BCUT2D eigenvalue weighted by molar-refractivity contribution is 6.34. The highest BCUT2D eigenvalue weighted by atomic mass is 19.1. The molecule has 0 bridgehead atoms. The van der Waals surface area contributed by atoms with Crippen molar-refractivity contribution in [3.8, 4) is 11.3 Å². The second-order valence-corrected chi connectivity index (χ2v) is 5.27. The predicted molar refractivity (Wildman–Crippen MR) is 87.0 cm³/mol. The Bertz CT molecular complexity index is 923. The van der Waals surface area contributed by atoms with E-state index in [0.29, 0.717) is 17.1 Å². The van der Waals surface area contributed by atoms with Gasteiger partial charge in [0.1, 0.15) is 17.3 Å². The van der Waals surface area contributed by atoms with Crippen LogP contribution in [0.5, 0.6) is 0 Å². The number of amides is 1. The molecule has 2 heterocycles. The Morgan fingerprint density at radius 1 is 0.957 bits per heavy atom. The van der Waals surface area contributed by atoms with E-state index in [1.54, 1.807) is 30.3 Å². The summed E-state index contributed by atoms with van der Waals surface area (Å²) >= 11 is 0. The molecule has 4 rings (SSSR count). The lowest BCUT2D eigenvalue weighted by molar-refractivity contribution is -0.110. The first-order valence-corrected chi connectivity index (χ1v) is 7.19. The maximum Gasteiger partial charge on any atom is 0.256 e. The van der Waals surface area contributed by atoms with Crippen LogP contribution < -0.4 is 5.32 Å². The number of carbonyl (C=O) groups is 1. The van der Waals surface area contributed by atoms with Crippen LogP contribution in [0.3, 0.4) is 0 Å². The quantitative estimate of drug-likeness (QED) is 0.704. The average molecular weight is 305 g/mol. The zero-order valence-electron chi connectivity index (χ0n) is 12.0. The fourth-order valence-electron chi connectivity index (χ4n) is 2.62. The number of fused-ring (bicyclic) bond motifs is 1. The molecule has 0 saturated heterocycles. The third-order valence-corrected chi connectivity index (χ3v) is 3.75. The van der Waals surface area contributed by atoms with Gasteiger partial charge in [0, 0.05) is 16.8 Å². The molecule has 112 valence electrons. The number of hydrogen-bond acceptors (Lipinski definition) is 2. The van der Waals surface area contributed by atoms with Crippen LogP contribution in [0.1, 0.15) is 11.3 Å². The van der Waals surface area contributed by atoms with Crippen LogP contribution in [0.4, 0.5) is 10.1 Å². The van der Waals surface area contributed by atoms with E-state index in [2.05, 4.69) is 5.32 Å². The molecule has 3 nitrogen and oxygen atoms in total. The molecule has 3 aromatic rings. The van der Waals surface area contributed by atoms with E-state index in [0.717, 1.165) is 16.8 Å². The Labute approximate surface area is 132 Å². The van der Waals surface area contributed by atoms with Crippen molar-refractivity contribution in [2.45, 2.75) is 0 Å². The number of carbonyl (C=O) groups excluding carboxylic acids is 1. The molecule has 1 aromatic heterocycles. The normalized spacial score (nSPS) is 14.8. The van der Waals surface area contributed by atoms with Gasteiger partial charge in [0.05, 0.1) is 5.57 Å². The Morgan fingerprint density at radius 2 is 1.74 bits per heavy atom. The first-order valence-electron chi connectivity index (χ1n) is 7.19. The number of anilines is 1. The van der Waals surface area contributed by atoms with Gasteiger partial charge in [0.15, 0.2) is 0 Å². The second-order valence-electron chi connectivity index (χ2n) is 5.27. The largest absolute Gasteiger partial charge is 0.457 e. The lowest BCUT2D eigenvalue weighted by Crippen LogP contribution is -2.03. The molecule has 1 aliphatic rings. The first-order chi connectivity index (χ1) is 11.2. The van der Waals surface area contributed by atoms with Crippen LogP contribution in [0.15, 0.2) is 65.1 Å². The summed E-state index contributed by atoms with van der Waals surface area (Å²) in [5.41, 5.74) is 3.01. The van der Waals surface area contributed by atoms with Crippen molar-refractivity contribution in [3.05, 3.63) is 77.8 Å². The molecule has 0 fully saturated rings.